The number of benzene rings is 1. The lowest BCUT2D eigenvalue weighted by Crippen LogP contribution is -2.47. The number of nitrogens with zero attached hydrogens (tertiary/aromatic N) is 1. The molecule has 0 radical (unpaired) electrons. The molecule has 1 heterocycles. The SMILES string of the molecule is CC1CCCCC1NC(=O)C1CCN(S(=O)(=O)c2ccc(Cl)c(C(F)(F)F)c2)CC1. The molecular formula is C20H26ClF3N2O3S. The maximum atomic E-state index is 13.1. The van der Waals surface area contributed by atoms with Crippen LogP contribution in [0.3, 0.4) is 0 Å². The van der Waals surface area contributed by atoms with E-state index in [2.05, 4.69) is 12.2 Å². The van der Waals surface area contributed by atoms with Gasteiger partial charge in [0.1, 0.15) is 0 Å². The molecule has 0 bridgehead atoms. The Labute approximate surface area is 180 Å². The smallest absolute Gasteiger partial charge is 0.353 e. The minimum atomic E-state index is -4.75. The lowest BCUT2D eigenvalue weighted by Gasteiger charge is -2.34. The third-order valence-electron chi connectivity index (χ3n) is 6.14. The summed E-state index contributed by atoms with van der Waals surface area (Å²) in [5, 5.41) is 2.56. The van der Waals surface area contributed by atoms with Crippen molar-refractivity contribution in [3.8, 4) is 0 Å². The maximum absolute atomic E-state index is 13.1. The number of amides is 1. The highest BCUT2D eigenvalue weighted by Gasteiger charge is 2.37. The highest BCUT2D eigenvalue weighted by molar-refractivity contribution is 7.89. The summed E-state index contributed by atoms with van der Waals surface area (Å²) < 4.78 is 66.0. The number of carbonyl (C=O) groups excluding carboxylic acids is 1. The molecule has 1 aromatic carbocycles. The van der Waals surface area contributed by atoms with Gasteiger partial charge >= 0.3 is 6.18 Å². The largest absolute Gasteiger partial charge is 0.417 e. The third-order valence-corrected chi connectivity index (χ3v) is 8.37. The molecule has 0 spiro atoms. The number of alkyl halides is 3. The summed E-state index contributed by atoms with van der Waals surface area (Å²) in [6.45, 7) is 2.30. The van der Waals surface area contributed by atoms with E-state index in [4.69, 9.17) is 11.6 Å². The Balaban J connectivity index is 1.65. The number of piperidine rings is 1. The highest BCUT2D eigenvalue weighted by Crippen LogP contribution is 2.37. The second-order valence-electron chi connectivity index (χ2n) is 8.19. The van der Waals surface area contributed by atoms with E-state index in [1.807, 2.05) is 0 Å². The number of hydrogen-bond donors (Lipinski definition) is 1. The van der Waals surface area contributed by atoms with Crippen molar-refractivity contribution in [3.05, 3.63) is 28.8 Å². The number of nitrogens with one attached hydrogen (secondary N) is 1. The monoisotopic (exact) mass is 466 g/mol. The van der Waals surface area contributed by atoms with Crippen LogP contribution in [0, 0.1) is 11.8 Å². The summed E-state index contributed by atoms with van der Waals surface area (Å²) in [4.78, 5) is 12.2. The van der Waals surface area contributed by atoms with Gasteiger partial charge in [0.15, 0.2) is 0 Å². The van der Waals surface area contributed by atoms with E-state index < -0.39 is 31.7 Å². The lowest BCUT2D eigenvalue weighted by atomic mass is 9.85. The standard InChI is InChI=1S/C20H26ClF3N2O3S/c1-13-4-2-3-5-18(13)25-19(27)14-8-10-26(11-9-14)30(28,29)15-6-7-17(21)16(12-15)20(22,23)24/h6-7,12-14,18H,2-5,8-11H2,1H3,(H,25,27). The molecule has 30 heavy (non-hydrogen) atoms. The maximum Gasteiger partial charge on any atom is 0.417 e. The van der Waals surface area contributed by atoms with Crippen LogP contribution in [0.5, 0.6) is 0 Å². The molecule has 10 heteroatoms. The predicted octanol–water partition coefficient (Wildman–Crippen LogP) is 4.45. The molecule has 2 unspecified atom stereocenters. The van der Waals surface area contributed by atoms with Crippen LogP contribution in [-0.2, 0) is 21.0 Å². The van der Waals surface area contributed by atoms with Crippen LogP contribution in [0.25, 0.3) is 0 Å². The van der Waals surface area contributed by atoms with Gasteiger partial charge < -0.3 is 5.32 Å². The lowest BCUT2D eigenvalue weighted by molar-refractivity contribution is -0.137. The van der Waals surface area contributed by atoms with Gasteiger partial charge in [-0.05, 0) is 49.8 Å². The Bertz CT molecular complexity index is 884. The van der Waals surface area contributed by atoms with Crippen LogP contribution < -0.4 is 5.32 Å². The summed E-state index contributed by atoms with van der Waals surface area (Å²) >= 11 is 5.59. The van der Waals surface area contributed by atoms with Gasteiger partial charge in [0.25, 0.3) is 0 Å². The molecule has 1 amide bonds. The van der Waals surface area contributed by atoms with Gasteiger partial charge in [-0.15, -0.1) is 0 Å². The van der Waals surface area contributed by atoms with E-state index in [0.29, 0.717) is 24.8 Å². The molecule has 2 fully saturated rings. The van der Waals surface area contributed by atoms with Gasteiger partial charge in [0.05, 0.1) is 15.5 Å². The van der Waals surface area contributed by atoms with Crippen LogP contribution >= 0.6 is 11.6 Å². The highest BCUT2D eigenvalue weighted by atomic mass is 35.5. The van der Waals surface area contributed by atoms with Gasteiger partial charge in [-0.25, -0.2) is 8.42 Å². The summed E-state index contributed by atoms with van der Waals surface area (Å²) in [5.41, 5.74) is -1.18. The van der Waals surface area contributed by atoms with Gasteiger partial charge in [-0.2, -0.15) is 17.5 Å². The van der Waals surface area contributed by atoms with E-state index in [9.17, 15) is 26.4 Å². The molecule has 0 aromatic heterocycles. The van der Waals surface area contributed by atoms with E-state index in [1.165, 1.54) is 6.42 Å². The molecule has 1 aliphatic carbocycles. The minimum absolute atomic E-state index is 0.0587. The topological polar surface area (TPSA) is 66.5 Å². The van der Waals surface area contributed by atoms with Gasteiger partial charge in [0, 0.05) is 25.0 Å². The van der Waals surface area contributed by atoms with Crippen LogP contribution in [-0.4, -0.2) is 37.8 Å². The first-order valence-electron chi connectivity index (χ1n) is 10.2. The summed E-state index contributed by atoms with van der Waals surface area (Å²) in [5.74, 6) is 0.0779. The molecule has 3 rings (SSSR count). The van der Waals surface area contributed by atoms with Crippen LogP contribution in [0.4, 0.5) is 13.2 Å². The fourth-order valence-corrected chi connectivity index (χ4v) is 5.94. The molecule has 2 atom stereocenters. The van der Waals surface area contributed by atoms with Crippen LogP contribution in [0.2, 0.25) is 5.02 Å². The fraction of sp³-hybridized carbons (Fsp3) is 0.650. The first kappa shape index (κ1) is 23.3. The molecule has 1 saturated heterocycles. The number of hydrogen-bond acceptors (Lipinski definition) is 3. The van der Waals surface area contributed by atoms with Crippen molar-refractivity contribution in [2.24, 2.45) is 11.8 Å². The van der Waals surface area contributed by atoms with Crippen molar-refractivity contribution in [2.75, 3.05) is 13.1 Å². The zero-order chi connectivity index (χ0) is 22.1. The average molecular weight is 467 g/mol. The molecular weight excluding hydrogens is 441 g/mol. The molecule has 1 aliphatic heterocycles. The summed E-state index contributed by atoms with van der Waals surface area (Å²) in [6.07, 6.45) is 0.236. The Morgan fingerprint density at radius 3 is 2.37 bits per heavy atom. The van der Waals surface area contributed by atoms with E-state index in [0.717, 1.165) is 35.7 Å². The number of halogens is 4. The third kappa shape index (κ3) is 5.11. The Hall–Kier alpha value is -1.32. The zero-order valence-electron chi connectivity index (χ0n) is 16.7. The van der Waals surface area contributed by atoms with Crippen molar-refractivity contribution < 1.29 is 26.4 Å². The van der Waals surface area contributed by atoms with Crippen molar-refractivity contribution >= 4 is 27.5 Å². The second kappa shape index (κ2) is 9.04. The molecule has 5 nitrogen and oxygen atoms in total. The fourth-order valence-electron chi connectivity index (χ4n) is 4.22. The molecule has 1 N–H and O–H groups in total. The van der Waals surface area contributed by atoms with Gasteiger partial charge in [-0.1, -0.05) is 31.4 Å². The Morgan fingerprint density at radius 1 is 1.13 bits per heavy atom. The first-order chi connectivity index (χ1) is 14.0. The number of carbonyl (C=O) groups is 1. The Morgan fingerprint density at radius 2 is 1.77 bits per heavy atom. The van der Waals surface area contributed by atoms with Crippen molar-refractivity contribution in [2.45, 2.75) is 62.6 Å². The summed E-state index contributed by atoms with van der Waals surface area (Å²) in [7, 11) is -4.10. The summed E-state index contributed by atoms with van der Waals surface area (Å²) in [6, 6.07) is 2.75. The van der Waals surface area contributed by atoms with Crippen molar-refractivity contribution in [3.63, 3.8) is 0 Å². The average Bonchev–Trinajstić information content (AvgIpc) is 2.69. The normalized spacial score (nSPS) is 24.6. The van der Waals surface area contributed by atoms with E-state index in [-0.39, 0.29) is 31.0 Å². The van der Waals surface area contributed by atoms with Crippen LogP contribution in [0.1, 0.15) is 51.0 Å². The van der Waals surface area contributed by atoms with Crippen LogP contribution in [0.15, 0.2) is 23.1 Å². The van der Waals surface area contributed by atoms with Gasteiger partial charge in [0.2, 0.25) is 15.9 Å². The molecule has 1 saturated carbocycles. The predicted molar refractivity (Wildman–Crippen MR) is 107 cm³/mol. The van der Waals surface area contributed by atoms with Crippen molar-refractivity contribution in [1.82, 2.24) is 9.62 Å². The Kier molecular flexibility index (Phi) is 7.04. The molecule has 168 valence electrons. The first-order valence-corrected chi connectivity index (χ1v) is 12.0. The molecule has 2 aliphatic rings. The second-order valence-corrected chi connectivity index (χ2v) is 10.5. The van der Waals surface area contributed by atoms with Gasteiger partial charge in [-0.3, -0.25) is 4.79 Å². The molecule has 1 aromatic rings. The number of rotatable bonds is 4. The van der Waals surface area contributed by atoms with Crippen molar-refractivity contribution in [1.29, 1.82) is 0 Å². The zero-order valence-corrected chi connectivity index (χ0v) is 18.3. The van der Waals surface area contributed by atoms with E-state index in [1.54, 1.807) is 0 Å². The quantitative estimate of drug-likeness (QED) is 0.712. The number of sulfonamides is 1. The minimum Gasteiger partial charge on any atom is -0.353 e. The van der Waals surface area contributed by atoms with E-state index >= 15 is 0 Å².